The molecule has 2 amide bonds. The molecule has 1 aliphatic carbocycles. The largest absolute Gasteiger partial charge is 1.00 e. The van der Waals surface area contributed by atoms with E-state index in [0.29, 0.717) is 19.6 Å². The number of hydrogen-bond acceptors (Lipinski definition) is 3. The summed E-state index contributed by atoms with van der Waals surface area (Å²) in [5.41, 5.74) is 2.37. The van der Waals surface area contributed by atoms with Crippen molar-refractivity contribution in [3.05, 3.63) is 72.1 Å². The molecule has 3 saturated heterocycles. The Morgan fingerprint density at radius 3 is 2.55 bits per heavy atom. The van der Waals surface area contributed by atoms with Crippen molar-refractivity contribution < 1.29 is 54.4 Å². The number of ether oxygens (including phenoxy) is 1. The molecule has 2 aromatic rings. The number of carbonyl (C=O) groups excluding carboxylic acids is 2. The zero-order valence-corrected chi connectivity index (χ0v) is 23.7. The molecule has 4 heterocycles. The number of nitrogens with zero attached hydrogens (tertiary/aromatic N) is 2. The smallest absolute Gasteiger partial charge is 1.00 e. The first-order valence-electron chi connectivity index (χ1n) is 10.3. The van der Waals surface area contributed by atoms with Gasteiger partial charge < -0.3 is 26.9 Å². The van der Waals surface area contributed by atoms with E-state index in [4.69, 9.17) is 4.74 Å². The fraction of sp³-hybridized carbons (Fsp3) is 0.375. The van der Waals surface area contributed by atoms with Crippen LogP contribution in [-0.4, -0.2) is 42.5 Å². The number of amides is 2. The van der Waals surface area contributed by atoms with E-state index in [1.165, 1.54) is 0 Å². The number of para-hydroxylation sites is 1. The molecule has 0 unspecified atom stereocenters. The number of fused-ring (bicyclic) bond motifs is 2. The molecule has 5 nitrogen and oxygen atoms in total. The van der Waals surface area contributed by atoms with Crippen LogP contribution in [0.4, 0.5) is 5.69 Å². The number of likely N-dealkylation sites (N-methyl/N-ethyl adjacent to an activating group) is 1. The SMILES string of the molecule is CN1C(=O)[C@@]2(C[C@H]3[C@H]4CO[C@@H]2[CH][C@H]4C(=O)N3Cc2ccccc2)c2ccccc21.[Cl-].[Hg+]. The van der Waals surface area contributed by atoms with Gasteiger partial charge in [0.15, 0.2) is 0 Å². The summed E-state index contributed by atoms with van der Waals surface area (Å²) in [5.74, 6) is 0.222. The van der Waals surface area contributed by atoms with E-state index in [9.17, 15) is 9.59 Å². The van der Waals surface area contributed by atoms with Crippen molar-refractivity contribution in [2.45, 2.75) is 30.5 Å². The Labute approximate surface area is 209 Å². The van der Waals surface area contributed by atoms with Gasteiger partial charge in [0.1, 0.15) is 5.41 Å². The van der Waals surface area contributed by atoms with E-state index in [-0.39, 0.29) is 75.9 Å². The number of halogens is 1. The summed E-state index contributed by atoms with van der Waals surface area (Å²) in [7, 11) is 1.85. The van der Waals surface area contributed by atoms with Crippen LogP contribution in [0.2, 0.25) is 0 Å². The van der Waals surface area contributed by atoms with Crippen molar-refractivity contribution in [3.63, 3.8) is 0 Å². The average molecular weight is 624 g/mol. The maximum Gasteiger partial charge on any atom is 1.00 e. The van der Waals surface area contributed by atoms with E-state index in [2.05, 4.69) is 18.2 Å². The minimum Gasteiger partial charge on any atom is -1.00 e. The molecule has 156 valence electrons. The minimum absolute atomic E-state index is 0. The number of carbonyl (C=O) groups is 2. The van der Waals surface area contributed by atoms with Gasteiger partial charge in [0.2, 0.25) is 11.8 Å². The summed E-state index contributed by atoms with van der Waals surface area (Å²) in [6.45, 7) is 1.12. The Balaban J connectivity index is 0.00000116. The number of hydrogen-bond donors (Lipinski definition) is 0. The van der Waals surface area contributed by atoms with Crippen LogP contribution in [0.3, 0.4) is 0 Å². The van der Waals surface area contributed by atoms with Gasteiger partial charge in [-0.1, -0.05) is 48.5 Å². The fourth-order valence-corrected chi connectivity index (χ4v) is 6.04. The normalized spacial score (nSPS) is 32.5. The molecule has 7 heteroatoms. The summed E-state index contributed by atoms with van der Waals surface area (Å²) >= 11 is 0. The predicted molar refractivity (Wildman–Crippen MR) is 108 cm³/mol. The second-order valence-corrected chi connectivity index (χ2v) is 8.71. The number of rotatable bonds is 2. The van der Waals surface area contributed by atoms with Gasteiger partial charge in [0.05, 0.1) is 18.6 Å². The Kier molecular flexibility index (Phi) is 5.99. The molecule has 4 fully saturated rings. The topological polar surface area (TPSA) is 49.9 Å². The molecule has 5 aliphatic rings. The third-order valence-electron chi connectivity index (χ3n) is 7.42. The third kappa shape index (κ3) is 3.03. The Morgan fingerprint density at radius 1 is 1.06 bits per heavy atom. The van der Waals surface area contributed by atoms with Gasteiger partial charge in [0.25, 0.3) is 0 Å². The molecule has 31 heavy (non-hydrogen) atoms. The summed E-state index contributed by atoms with van der Waals surface area (Å²) in [4.78, 5) is 30.7. The van der Waals surface area contributed by atoms with Gasteiger partial charge in [-0.2, -0.15) is 0 Å². The fourth-order valence-electron chi connectivity index (χ4n) is 6.04. The second kappa shape index (κ2) is 8.16. The standard InChI is InChI=1S/C24H23N2O3.ClH.Hg/c1-25-19-10-6-5-9-18(19)24(23(25)28)12-20-17-14-29-21(24)11-16(17)22(27)26(20)13-15-7-3-2-4-8-15;;/h2-11,16-17,20-21H,12-14H2,1H3;1H;/q;;+1/p-1/t16-,17+,20+,21-,24+;;/m1../s1. The Hall–Kier alpha value is -1.43. The van der Waals surface area contributed by atoms with E-state index >= 15 is 0 Å². The summed E-state index contributed by atoms with van der Waals surface area (Å²) < 4.78 is 6.26. The molecule has 1 spiro atoms. The summed E-state index contributed by atoms with van der Waals surface area (Å²) in [6.07, 6.45) is 2.30. The van der Waals surface area contributed by atoms with Crippen molar-refractivity contribution in [3.8, 4) is 0 Å². The molecule has 4 bridgehead atoms. The van der Waals surface area contributed by atoms with Crippen LogP contribution in [0.1, 0.15) is 17.5 Å². The van der Waals surface area contributed by atoms with Crippen molar-refractivity contribution in [2.75, 3.05) is 18.6 Å². The molecule has 0 N–H and O–H groups in total. The van der Waals surface area contributed by atoms with E-state index in [1.807, 2.05) is 54.8 Å². The Bertz CT molecular complexity index is 1020. The first-order valence-corrected chi connectivity index (χ1v) is 10.3. The van der Waals surface area contributed by atoms with Gasteiger partial charge in [-0.05, 0) is 23.6 Å². The van der Waals surface area contributed by atoms with Gasteiger partial charge in [-0.15, -0.1) is 0 Å². The van der Waals surface area contributed by atoms with E-state index < -0.39 is 5.41 Å². The molecular formula is C24H23ClHgN2O3. The monoisotopic (exact) mass is 624 g/mol. The van der Waals surface area contributed by atoms with Crippen molar-refractivity contribution in [1.82, 2.24) is 4.90 Å². The molecule has 0 aromatic heterocycles. The predicted octanol–water partition coefficient (Wildman–Crippen LogP) is -0.448. The van der Waals surface area contributed by atoms with Gasteiger partial charge in [0, 0.05) is 37.7 Å². The molecule has 4 aliphatic heterocycles. The van der Waals surface area contributed by atoms with Crippen LogP contribution < -0.4 is 17.3 Å². The van der Waals surface area contributed by atoms with Crippen LogP contribution in [0.15, 0.2) is 54.6 Å². The van der Waals surface area contributed by atoms with Crippen LogP contribution >= 0.6 is 0 Å². The van der Waals surface area contributed by atoms with Crippen molar-refractivity contribution in [1.29, 1.82) is 0 Å². The summed E-state index contributed by atoms with van der Waals surface area (Å²) in [6, 6.07) is 18.1. The summed E-state index contributed by atoms with van der Waals surface area (Å²) in [5, 5.41) is 0. The molecule has 2 aromatic carbocycles. The van der Waals surface area contributed by atoms with Crippen LogP contribution in [0, 0.1) is 18.3 Å². The molecular weight excluding hydrogens is 600 g/mol. The first-order chi connectivity index (χ1) is 14.1. The first kappa shape index (κ1) is 22.7. The number of anilines is 1. The zero-order valence-electron chi connectivity index (χ0n) is 17.4. The second-order valence-electron chi connectivity index (χ2n) is 8.71. The van der Waals surface area contributed by atoms with Gasteiger partial charge in [-0.25, -0.2) is 0 Å². The maximum absolute atomic E-state index is 13.6. The number of likely N-dealkylation sites (tertiary alicyclic amines) is 1. The van der Waals surface area contributed by atoms with E-state index in [0.717, 1.165) is 16.8 Å². The zero-order chi connectivity index (χ0) is 19.8. The van der Waals surface area contributed by atoms with Crippen molar-refractivity contribution in [2.24, 2.45) is 11.8 Å². The van der Waals surface area contributed by atoms with E-state index in [1.54, 1.807) is 4.90 Å². The van der Waals surface area contributed by atoms with Crippen LogP contribution in [-0.2, 0) is 54.0 Å². The quantitative estimate of drug-likeness (QED) is 0.427. The van der Waals surface area contributed by atoms with Crippen molar-refractivity contribution >= 4 is 17.5 Å². The minimum atomic E-state index is -0.741. The van der Waals surface area contributed by atoms with Crippen LogP contribution in [0.5, 0.6) is 0 Å². The van der Waals surface area contributed by atoms with Crippen LogP contribution in [0.25, 0.3) is 0 Å². The average Bonchev–Trinajstić information content (AvgIpc) is 2.99. The number of benzene rings is 2. The molecule has 5 atom stereocenters. The maximum atomic E-state index is 13.6. The van der Waals surface area contributed by atoms with Gasteiger partial charge >= 0.3 is 27.7 Å². The molecule has 1 saturated carbocycles. The molecule has 2 radical (unpaired) electrons. The Morgan fingerprint density at radius 2 is 1.77 bits per heavy atom. The molecule has 7 rings (SSSR count). The van der Waals surface area contributed by atoms with Gasteiger partial charge in [-0.3, -0.25) is 9.59 Å². The third-order valence-corrected chi connectivity index (χ3v) is 7.42.